The van der Waals surface area contributed by atoms with Crippen LogP contribution in [0.15, 0.2) is 29.2 Å². The third-order valence-corrected chi connectivity index (χ3v) is 4.06. The van der Waals surface area contributed by atoms with Gasteiger partial charge in [0.1, 0.15) is 5.75 Å². The number of nitrogens with one attached hydrogen (secondary N) is 1. The molecule has 0 amide bonds. The van der Waals surface area contributed by atoms with Gasteiger partial charge in [-0.25, -0.2) is 23.4 Å². The number of aromatic nitrogens is 5. The van der Waals surface area contributed by atoms with Crippen molar-refractivity contribution in [2.75, 3.05) is 11.1 Å². The molecule has 1 aliphatic heterocycles. The summed E-state index contributed by atoms with van der Waals surface area (Å²) in [5.74, 6) is 0.235. The number of hydrogen-bond acceptors (Lipinski definition) is 7. The SMILES string of the molecule is Cn1nc2n(c1=O)-c1cc(Nc3ncc(F)c(N)n3)ccc1OC2(C)C. The van der Waals surface area contributed by atoms with Crippen LogP contribution in [0.1, 0.15) is 19.7 Å². The lowest BCUT2D eigenvalue weighted by Crippen LogP contribution is -2.36. The van der Waals surface area contributed by atoms with E-state index in [2.05, 4.69) is 20.4 Å². The van der Waals surface area contributed by atoms with Crippen molar-refractivity contribution < 1.29 is 9.13 Å². The average Bonchev–Trinajstić information content (AvgIpc) is 2.88. The summed E-state index contributed by atoms with van der Waals surface area (Å²) in [4.78, 5) is 20.2. The standard InChI is InChI=1S/C16H16FN7O2/c1-16(2)13-22-23(3)15(25)24(13)10-6-8(4-5-11(10)26-16)20-14-19-7-9(17)12(18)21-14/h4-7H,1-3H3,(H3,18,19,20,21). The summed E-state index contributed by atoms with van der Waals surface area (Å²) in [6, 6.07) is 5.18. The summed E-state index contributed by atoms with van der Waals surface area (Å²) in [5, 5.41) is 7.21. The largest absolute Gasteiger partial charge is 0.478 e. The zero-order valence-electron chi connectivity index (χ0n) is 14.3. The van der Waals surface area contributed by atoms with Crippen molar-refractivity contribution in [3.8, 4) is 11.4 Å². The highest BCUT2D eigenvalue weighted by Gasteiger charge is 2.37. The Bertz CT molecular complexity index is 1090. The minimum absolute atomic E-state index is 0.139. The topological polar surface area (TPSA) is 113 Å². The molecule has 134 valence electrons. The number of fused-ring (bicyclic) bond motifs is 3. The number of nitrogen functional groups attached to an aromatic ring is 1. The molecule has 0 aliphatic carbocycles. The van der Waals surface area contributed by atoms with E-state index in [1.54, 1.807) is 25.2 Å². The molecule has 3 aromatic rings. The molecular formula is C16H16FN7O2. The minimum atomic E-state index is -0.753. The maximum atomic E-state index is 13.2. The fourth-order valence-electron chi connectivity index (χ4n) is 2.82. The number of nitrogens with two attached hydrogens (primary N) is 1. The third kappa shape index (κ3) is 2.38. The van der Waals surface area contributed by atoms with Gasteiger partial charge in [-0.15, -0.1) is 0 Å². The summed E-state index contributed by atoms with van der Waals surface area (Å²) in [5.41, 5.74) is 5.55. The summed E-state index contributed by atoms with van der Waals surface area (Å²) in [6.07, 6.45) is 0.985. The zero-order valence-corrected chi connectivity index (χ0v) is 14.3. The van der Waals surface area contributed by atoms with Crippen molar-refractivity contribution in [1.29, 1.82) is 0 Å². The number of ether oxygens (including phenoxy) is 1. The van der Waals surface area contributed by atoms with Crippen molar-refractivity contribution in [2.45, 2.75) is 19.4 Å². The number of rotatable bonds is 2. The van der Waals surface area contributed by atoms with Crippen LogP contribution in [0.25, 0.3) is 5.69 Å². The highest BCUT2D eigenvalue weighted by Crippen LogP contribution is 2.38. The fourth-order valence-corrected chi connectivity index (χ4v) is 2.82. The molecule has 0 spiro atoms. The van der Waals surface area contributed by atoms with Crippen molar-refractivity contribution in [1.82, 2.24) is 24.3 Å². The molecular weight excluding hydrogens is 341 g/mol. The molecule has 0 saturated heterocycles. The lowest BCUT2D eigenvalue weighted by atomic mass is 10.1. The Labute approximate surface area is 147 Å². The number of anilines is 3. The monoisotopic (exact) mass is 357 g/mol. The quantitative estimate of drug-likeness (QED) is 0.714. The van der Waals surface area contributed by atoms with Crippen molar-refractivity contribution in [3.05, 3.63) is 46.5 Å². The number of aryl methyl sites for hydroxylation is 1. The van der Waals surface area contributed by atoms with E-state index in [1.165, 1.54) is 9.25 Å². The van der Waals surface area contributed by atoms with Crippen LogP contribution in [0.2, 0.25) is 0 Å². The van der Waals surface area contributed by atoms with E-state index in [0.29, 0.717) is 22.9 Å². The Hall–Kier alpha value is -3.43. The summed E-state index contributed by atoms with van der Waals surface area (Å²) in [7, 11) is 1.58. The summed E-state index contributed by atoms with van der Waals surface area (Å²) in [6.45, 7) is 3.69. The molecule has 10 heteroatoms. The second-order valence-corrected chi connectivity index (χ2v) is 6.41. The lowest BCUT2D eigenvalue weighted by molar-refractivity contribution is 0.0862. The molecule has 3 heterocycles. The van der Waals surface area contributed by atoms with Crippen LogP contribution in [0.5, 0.6) is 5.75 Å². The molecule has 2 aromatic heterocycles. The summed E-state index contributed by atoms with van der Waals surface area (Å²) >= 11 is 0. The molecule has 26 heavy (non-hydrogen) atoms. The highest BCUT2D eigenvalue weighted by molar-refractivity contribution is 5.64. The molecule has 3 N–H and O–H groups in total. The Morgan fingerprint density at radius 2 is 2.12 bits per heavy atom. The predicted octanol–water partition coefficient (Wildman–Crippen LogP) is 1.45. The molecule has 0 radical (unpaired) electrons. The Kier molecular flexibility index (Phi) is 3.26. The van der Waals surface area contributed by atoms with Crippen LogP contribution in [0, 0.1) is 5.82 Å². The normalized spacial score (nSPS) is 14.3. The zero-order chi connectivity index (χ0) is 18.6. The first kappa shape index (κ1) is 16.1. The van der Waals surface area contributed by atoms with Crippen LogP contribution in [-0.4, -0.2) is 24.3 Å². The molecule has 0 fully saturated rings. The van der Waals surface area contributed by atoms with E-state index in [0.717, 1.165) is 6.20 Å². The van der Waals surface area contributed by atoms with Gasteiger partial charge in [0.15, 0.2) is 23.1 Å². The second-order valence-electron chi connectivity index (χ2n) is 6.41. The van der Waals surface area contributed by atoms with Gasteiger partial charge in [0.2, 0.25) is 5.95 Å². The van der Waals surface area contributed by atoms with Gasteiger partial charge in [-0.05, 0) is 32.0 Å². The van der Waals surface area contributed by atoms with Gasteiger partial charge >= 0.3 is 5.69 Å². The average molecular weight is 357 g/mol. The van der Waals surface area contributed by atoms with Gasteiger partial charge in [0.05, 0.1) is 11.9 Å². The molecule has 1 aliphatic rings. The van der Waals surface area contributed by atoms with Crippen molar-refractivity contribution >= 4 is 17.5 Å². The van der Waals surface area contributed by atoms with Gasteiger partial charge < -0.3 is 15.8 Å². The van der Waals surface area contributed by atoms with Crippen LogP contribution in [0.4, 0.5) is 21.8 Å². The maximum absolute atomic E-state index is 13.2. The van der Waals surface area contributed by atoms with Gasteiger partial charge in [-0.2, -0.15) is 10.1 Å². The molecule has 4 rings (SSSR count). The lowest BCUT2D eigenvalue weighted by Gasteiger charge is -2.31. The minimum Gasteiger partial charge on any atom is -0.478 e. The molecule has 0 saturated carbocycles. The fraction of sp³-hybridized carbons (Fsp3) is 0.250. The van der Waals surface area contributed by atoms with E-state index >= 15 is 0 Å². The summed E-state index contributed by atoms with van der Waals surface area (Å²) < 4.78 is 22.0. The van der Waals surface area contributed by atoms with Gasteiger partial charge in [0.25, 0.3) is 0 Å². The Balaban J connectivity index is 1.80. The molecule has 0 bridgehead atoms. The van der Waals surface area contributed by atoms with Crippen LogP contribution in [0.3, 0.4) is 0 Å². The highest BCUT2D eigenvalue weighted by atomic mass is 19.1. The van der Waals surface area contributed by atoms with E-state index in [1.807, 2.05) is 13.8 Å². The van der Waals surface area contributed by atoms with Crippen LogP contribution < -0.4 is 21.5 Å². The van der Waals surface area contributed by atoms with E-state index in [4.69, 9.17) is 10.5 Å². The smallest absolute Gasteiger partial charge is 0.350 e. The Morgan fingerprint density at radius 1 is 1.35 bits per heavy atom. The van der Waals surface area contributed by atoms with E-state index < -0.39 is 11.4 Å². The number of halogens is 1. The Morgan fingerprint density at radius 3 is 2.85 bits per heavy atom. The first-order chi connectivity index (χ1) is 12.3. The van der Waals surface area contributed by atoms with E-state index in [9.17, 15) is 9.18 Å². The van der Waals surface area contributed by atoms with Crippen LogP contribution >= 0.6 is 0 Å². The van der Waals surface area contributed by atoms with Crippen LogP contribution in [-0.2, 0) is 12.6 Å². The molecule has 9 nitrogen and oxygen atoms in total. The number of benzene rings is 1. The van der Waals surface area contributed by atoms with Crippen molar-refractivity contribution in [2.24, 2.45) is 7.05 Å². The van der Waals surface area contributed by atoms with Gasteiger partial charge in [-0.3, -0.25) is 0 Å². The van der Waals surface area contributed by atoms with Crippen molar-refractivity contribution in [3.63, 3.8) is 0 Å². The molecule has 0 unspecified atom stereocenters. The third-order valence-electron chi connectivity index (χ3n) is 4.06. The van der Waals surface area contributed by atoms with E-state index in [-0.39, 0.29) is 17.5 Å². The first-order valence-electron chi connectivity index (χ1n) is 7.81. The van der Waals surface area contributed by atoms with Gasteiger partial charge in [0, 0.05) is 12.7 Å². The second kappa shape index (κ2) is 5.28. The number of hydrogen-bond donors (Lipinski definition) is 2. The predicted molar refractivity (Wildman–Crippen MR) is 92.1 cm³/mol. The maximum Gasteiger partial charge on any atom is 0.350 e. The number of nitrogens with zero attached hydrogens (tertiary/aromatic N) is 5. The first-order valence-corrected chi connectivity index (χ1v) is 7.81. The van der Waals surface area contributed by atoms with Gasteiger partial charge in [-0.1, -0.05) is 0 Å². The molecule has 1 aromatic carbocycles. The molecule has 0 atom stereocenters.